The van der Waals surface area contributed by atoms with E-state index in [-0.39, 0.29) is 0 Å². The number of hydrogen-bond acceptors (Lipinski definition) is 4. The standard InChI is InChI=1S/C13H27N3S/c1-9(2)12(8-16(5)6)15-13-14-10(3)7-11(4)17-13/h9-12H,7-8H2,1-6H3,(H,14,15). The van der Waals surface area contributed by atoms with Crippen molar-refractivity contribution in [2.75, 3.05) is 20.6 Å². The van der Waals surface area contributed by atoms with Gasteiger partial charge < -0.3 is 10.2 Å². The van der Waals surface area contributed by atoms with Crippen molar-refractivity contribution in [1.82, 2.24) is 10.2 Å². The van der Waals surface area contributed by atoms with Gasteiger partial charge in [0.2, 0.25) is 0 Å². The van der Waals surface area contributed by atoms with E-state index in [1.807, 2.05) is 11.8 Å². The van der Waals surface area contributed by atoms with Crippen LogP contribution in [0, 0.1) is 5.92 Å². The van der Waals surface area contributed by atoms with Crippen LogP contribution in [0.4, 0.5) is 0 Å². The summed E-state index contributed by atoms with van der Waals surface area (Å²) in [7, 11) is 4.25. The number of aliphatic imine (C=N–C) groups is 1. The predicted octanol–water partition coefficient (Wildman–Crippen LogP) is 2.43. The van der Waals surface area contributed by atoms with Gasteiger partial charge in [-0.15, -0.1) is 0 Å². The van der Waals surface area contributed by atoms with Gasteiger partial charge in [-0.1, -0.05) is 32.5 Å². The van der Waals surface area contributed by atoms with Crippen LogP contribution in [0.25, 0.3) is 0 Å². The number of amidine groups is 1. The van der Waals surface area contributed by atoms with Crippen LogP contribution in [0.3, 0.4) is 0 Å². The van der Waals surface area contributed by atoms with E-state index < -0.39 is 0 Å². The zero-order chi connectivity index (χ0) is 13.0. The van der Waals surface area contributed by atoms with Crippen LogP contribution in [-0.4, -0.2) is 48.0 Å². The summed E-state index contributed by atoms with van der Waals surface area (Å²) in [5.41, 5.74) is 0. The van der Waals surface area contributed by atoms with Crippen molar-refractivity contribution in [3.05, 3.63) is 0 Å². The number of rotatable bonds is 4. The van der Waals surface area contributed by atoms with Crippen molar-refractivity contribution >= 4 is 16.9 Å². The lowest BCUT2D eigenvalue weighted by atomic mass is 10.0. The summed E-state index contributed by atoms with van der Waals surface area (Å²) in [6.07, 6.45) is 1.19. The van der Waals surface area contributed by atoms with Crippen molar-refractivity contribution in [3.8, 4) is 0 Å². The highest BCUT2D eigenvalue weighted by Crippen LogP contribution is 2.24. The minimum absolute atomic E-state index is 0.459. The zero-order valence-corrected chi connectivity index (χ0v) is 12.8. The first-order valence-corrected chi connectivity index (χ1v) is 7.42. The second kappa shape index (κ2) is 6.64. The Labute approximate surface area is 110 Å². The van der Waals surface area contributed by atoms with E-state index in [9.17, 15) is 0 Å². The van der Waals surface area contributed by atoms with Crippen LogP contribution < -0.4 is 5.32 Å². The van der Waals surface area contributed by atoms with Gasteiger partial charge in [-0.25, -0.2) is 0 Å². The molecular formula is C13H27N3S. The average molecular weight is 257 g/mol. The molecule has 0 aromatic heterocycles. The zero-order valence-electron chi connectivity index (χ0n) is 12.0. The molecule has 0 aromatic rings. The number of nitrogens with zero attached hydrogens (tertiary/aromatic N) is 2. The molecule has 3 unspecified atom stereocenters. The highest BCUT2D eigenvalue weighted by atomic mass is 32.2. The molecule has 0 saturated heterocycles. The van der Waals surface area contributed by atoms with Crippen LogP contribution in [0.5, 0.6) is 0 Å². The van der Waals surface area contributed by atoms with Crippen molar-refractivity contribution in [2.45, 2.75) is 51.4 Å². The monoisotopic (exact) mass is 257 g/mol. The van der Waals surface area contributed by atoms with E-state index in [2.05, 4.69) is 52.0 Å². The fraction of sp³-hybridized carbons (Fsp3) is 0.923. The molecule has 1 aliphatic rings. The van der Waals surface area contributed by atoms with Crippen molar-refractivity contribution in [1.29, 1.82) is 0 Å². The number of hydrogen-bond donors (Lipinski definition) is 1. The molecule has 17 heavy (non-hydrogen) atoms. The van der Waals surface area contributed by atoms with E-state index in [0.717, 1.165) is 11.7 Å². The second-order valence-corrected chi connectivity index (χ2v) is 7.13. The molecule has 1 heterocycles. The molecular weight excluding hydrogens is 230 g/mol. The Bertz CT molecular complexity index is 263. The van der Waals surface area contributed by atoms with E-state index in [1.165, 1.54) is 6.42 Å². The molecule has 0 radical (unpaired) electrons. The summed E-state index contributed by atoms with van der Waals surface area (Å²) in [5, 5.41) is 5.43. The van der Waals surface area contributed by atoms with Gasteiger partial charge >= 0.3 is 0 Å². The third-order valence-electron chi connectivity index (χ3n) is 3.00. The summed E-state index contributed by atoms with van der Waals surface area (Å²) in [6, 6.07) is 0.940. The van der Waals surface area contributed by atoms with Gasteiger partial charge in [0, 0.05) is 17.8 Å². The van der Waals surface area contributed by atoms with Gasteiger partial charge in [-0.2, -0.15) is 0 Å². The summed E-state index contributed by atoms with van der Waals surface area (Å²) in [6.45, 7) is 10.1. The van der Waals surface area contributed by atoms with Crippen molar-refractivity contribution in [2.24, 2.45) is 10.9 Å². The Hall–Kier alpha value is -0.220. The number of likely N-dealkylation sites (N-methyl/N-ethyl adjacent to an activating group) is 1. The maximum atomic E-state index is 4.71. The average Bonchev–Trinajstić information content (AvgIpc) is 2.13. The van der Waals surface area contributed by atoms with Crippen LogP contribution in [-0.2, 0) is 0 Å². The Morgan fingerprint density at radius 1 is 1.41 bits per heavy atom. The fourth-order valence-corrected chi connectivity index (χ4v) is 3.26. The largest absolute Gasteiger partial charge is 0.361 e. The molecule has 0 bridgehead atoms. The SMILES string of the molecule is CC1CC(C)SC(NC(CN(C)C)C(C)C)=N1. The third-order valence-corrected chi connectivity index (χ3v) is 4.04. The Balaban J connectivity index is 2.60. The van der Waals surface area contributed by atoms with Gasteiger partial charge in [-0.3, -0.25) is 4.99 Å². The van der Waals surface area contributed by atoms with Gasteiger partial charge in [-0.05, 0) is 33.4 Å². The number of thioether (sulfide) groups is 1. The molecule has 0 aromatic carbocycles. The van der Waals surface area contributed by atoms with E-state index in [1.54, 1.807) is 0 Å². The fourth-order valence-electron chi connectivity index (χ4n) is 2.05. The topological polar surface area (TPSA) is 27.6 Å². The Morgan fingerprint density at radius 2 is 2.06 bits per heavy atom. The highest BCUT2D eigenvalue weighted by molar-refractivity contribution is 8.14. The molecule has 4 heteroatoms. The minimum Gasteiger partial charge on any atom is -0.361 e. The summed E-state index contributed by atoms with van der Waals surface area (Å²) in [5.74, 6) is 0.619. The molecule has 0 amide bonds. The molecule has 1 aliphatic heterocycles. The minimum atomic E-state index is 0.459. The second-order valence-electron chi connectivity index (χ2n) is 5.70. The quantitative estimate of drug-likeness (QED) is 0.838. The molecule has 0 aliphatic carbocycles. The first-order valence-electron chi connectivity index (χ1n) is 6.54. The number of nitrogens with one attached hydrogen (secondary N) is 1. The van der Waals surface area contributed by atoms with Gasteiger partial charge in [0.15, 0.2) is 5.17 Å². The summed E-state index contributed by atoms with van der Waals surface area (Å²) >= 11 is 1.88. The van der Waals surface area contributed by atoms with Crippen molar-refractivity contribution in [3.63, 3.8) is 0 Å². The molecule has 0 spiro atoms. The molecule has 100 valence electrons. The molecule has 3 atom stereocenters. The molecule has 1 rings (SSSR count). The molecule has 0 fully saturated rings. The van der Waals surface area contributed by atoms with Gasteiger partial charge in [0.05, 0.1) is 6.04 Å². The van der Waals surface area contributed by atoms with E-state index in [4.69, 9.17) is 4.99 Å². The summed E-state index contributed by atoms with van der Waals surface area (Å²) < 4.78 is 0. The normalized spacial score (nSPS) is 27.2. The first kappa shape index (κ1) is 14.8. The van der Waals surface area contributed by atoms with Crippen LogP contribution in [0.15, 0.2) is 4.99 Å². The van der Waals surface area contributed by atoms with Gasteiger partial charge in [0.25, 0.3) is 0 Å². The smallest absolute Gasteiger partial charge is 0.157 e. The third kappa shape index (κ3) is 5.30. The van der Waals surface area contributed by atoms with Gasteiger partial charge in [0.1, 0.15) is 0 Å². The maximum absolute atomic E-state index is 4.71. The van der Waals surface area contributed by atoms with Crippen LogP contribution >= 0.6 is 11.8 Å². The molecule has 0 saturated carbocycles. The van der Waals surface area contributed by atoms with Crippen LogP contribution in [0.1, 0.15) is 34.1 Å². The molecule has 3 nitrogen and oxygen atoms in total. The highest BCUT2D eigenvalue weighted by Gasteiger charge is 2.22. The van der Waals surface area contributed by atoms with Crippen molar-refractivity contribution < 1.29 is 0 Å². The summed E-state index contributed by atoms with van der Waals surface area (Å²) in [4.78, 5) is 6.95. The van der Waals surface area contributed by atoms with E-state index in [0.29, 0.717) is 23.3 Å². The van der Waals surface area contributed by atoms with Crippen LogP contribution in [0.2, 0.25) is 0 Å². The Morgan fingerprint density at radius 3 is 2.53 bits per heavy atom. The molecule has 1 N–H and O–H groups in total. The lowest BCUT2D eigenvalue weighted by Gasteiger charge is -2.30. The lowest BCUT2D eigenvalue weighted by Crippen LogP contribution is -2.45. The maximum Gasteiger partial charge on any atom is 0.157 e. The Kier molecular flexibility index (Phi) is 5.80. The lowest BCUT2D eigenvalue weighted by molar-refractivity contribution is 0.313. The van der Waals surface area contributed by atoms with E-state index >= 15 is 0 Å². The first-order chi connectivity index (χ1) is 7.88. The predicted molar refractivity (Wildman–Crippen MR) is 78.9 cm³/mol.